The number of nitrogens with one attached hydrogen (secondary N) is 2. The Balaban J connectivity index is 1.45. The second-order valence-corrected chi connectivity index (χ2v) is 10.6. The molecule has 1 amide bonds. The number of benzene rings is 3. The van der Waals surface area contributed by atoms with Crippen LogP contribution in [0.5, 0.6) is 0 Å². The molecule has 12 heteroatoms. The number of amides is 1. The number of nitrogens with zero attached hydrogens (tertiary/aromatic N) is 2. The van der Waals surface area contributed by atoms with Crippen LogP contribution >= 0.6 is 11.6 Å². The lowest BCUT2D eigenvalue weighted by Gasteiger charge is -2.18. The molecule has 10 nitrogen and oxygen atoms in total. The van der Waals surface area contributed by atoms with E-state index < -0.39 is 26.9 Å². The summed E-state index contributed by atoms with van der Waals surface area (Å²) in [4.78, 5) is 23.3. The van der Waals surface area contributed by atoms with E-state index in [1.807, 2.05) is 6.92 Å². The van der Waals surface area contributed by atoms with Gasteiger partial charge in [0.15, 0.2) is 0 Å². The number of hydrogen-bond donors (Lipinski definition) is 2. The monoisotopic (exact) mass is 566 g/mol. The SMILES string of the molecule is Cc1ccc(S(=O)(=O)N[C@H](CC(=O)N/N=C\c2ccc(-c3cc([N+](=O)[O-])ccc3Cl)o2)c2ccccc2)cc1. The molecule has 1 aromatic heterocycles. The highest BCUT2D eigenvalue weighted by Crippen LogP contribution is 2.32. The van der Waals surface area contributed by atoms with Gasteiger partial charge in [0.05, 0.1) is 27.1 Å². The molecular weight excluding hydrogens is 544 g/mol. The molecule has 0 spiro atoms. The molecule has 0 saturated carbocycles. The van der Waals surface area contributed by atoms with Crippen molar-refractivity contribution in [2.24, 2.45) is 5.10 Å². The first-order valence-electron chi connectivity index (χ1n) is 11.6. The number of carbonyl (C=O) groups is 1. The van der Waals surface area contributed by atoms with Gasteiger partial charge in [-0.05, 0) is 42.8 Å². The lowest BCUT2D eigenvalue weighted by Crippen LogP contribution is -2.32. The largest absolute Gasteiger partial charge is 0.455 e. The number of hydrogen-bond acceptors (Lipinski definition) is 7. The van der Waals surface area contributed by atoms with Crippen LogP contribution in [0.3, 0.4) is 0 Å². The standard InChI is InChI=1S/C27H23ClN4O6S/c1-18-7-11-22(12-8-18)39(36,37)31-25(19-5-3-2-4-6-19)16-27(33)30-29-17-21-10-14-26(38-21)23-15-20(32(34)35)9-13-24(23)28/h2-15,17,25,31H,16H2,1H3,(H,30,33)/b29-17-/t25-/m1/s1. The molecule has 0 bridgehead atoms. The third kappa shape index (κ3) is 7.17. The van der Waals surface area contributed by atoms with Crippen molar-refractivity contribution in [3.8, 4) is 11.3 Å². The highest BCUT2D eigenvalue weighted by Gasteiger charge is 2.24. The summed E-state index contributed by atoms with van der Waals surface area (Å²) < 4.78 is 34.2. The van der Waals surface area contributed by atoms with Gasteiger partial charge in [0.25, 0.3) is 5.69 Å². The molecule has 1 heterocycles. The fourth-order valence-electron chi connectivity index (χ4n) is 3.67. The molecule has 4 aromatic rings. The smallest absolute Gasteiger partial charge is 0.270 e. The number of halogens is 1. The lowest BCUT2D eigenvalue weighted by molar-refractivity contribution is -0.384. The van der Waals surface area contributed by atoms with Crippen molar-refractivity contribution >= 4 is 39.4 Å². The molecule has 0 unspecified atom stereocenters. The highest BCUT2D eigenvalue weighted by atomic mass is 35.5. The van der Waals surface area contributed by atoms with E-state index in [0.717, 1.165) is 5.56 Å². The van der Waals surface area contributed by atoms with Gasteiger partial charge >= 0.3 is 0 Å². The average molecular weight is 567 g/mol. The topological polar surface area (TPSA) is 144 Å². The Hall–Kier alpha value is -4.32. The summed E-state index contributed by atoms with van der Waals surface area (Å²) >= 11 is 6.16. The summed E-state index contributed by atoms with van der Waals surface area (Å²) in [6.07, 6.45) is 1.03. The van der Waals surface area contributed by atoms with E-state index in [4.69, 9.17) is 16.0 Å². The second-order valence-electron chi connectivity index (χ2n) is 8.52. The van der Waals surface area contributed by atoms with Crippen LogP contribution in [0.2, 0.25) is 5.02 Å². The molecule has 0 fully saturated rings. The van der Waals surface area contributed by atoms with Gasteiger partial charge in [-0.2, -0.15) is 5.10 Å². The van der Waals surface area contributed by atoms with Gasteiger partial charge in [0, 0.05) is 24.1 Å². The molecule has 1 atom stereocenters. The van der Waals surface area contributed by atoms with E-state index in [1.54, 1.807) is 54.6 Å². The number of rotatable bonds is 10. The van der Waals surface area contributed by atoms with Crippen molar-refractivity contribution in [2.45, 2.75) is 24.3 Å². The maximum Gasteiger partial charge on any atom is 0.270 e. The van der Waals surface area contributed by atoms with E-state index in [-0.39, 0.29) is 33.5 Å². The first kappa shape index (κ1) is 27.7. The fraction of sp³-hybridized carbons (Fsp3) is 0.111. The van der Waals surface area contributed by atoms with Crippen LogP contribution in [0.25, 0.3) is 11.3 Å². The Morgan fingerprint density at radius 3 is 2.49 bits per heavy atom. The number of carbonyl (C=O) groups excluding carboxylic acids is 1. The summed E-state index contributed by atoms with van der Waals surface area (Å²) in [6.45, 7) is 1.86. The van der Waals surface area contributed by atoms with Crippen LogP contribution < -0.4 is 10.1 Å². The molecule has 0 radical (unpaired) electrons. The van der Waals surface area contributed by atoms with Crippen molar-refractivity contribution in [2.75, 3.05) is 0 Å². The Kier molecular flexibility index (Phi) is 8.55. The van der Waals surface area contributed by atoms with Gasteiger partial charge in [0.2, 0.25) is 15.9 Å². The van der Waals surface area contributed by atoms with Crippen LogP contribution in [0.4, 0.5) is 5.69 Å². The molecule has 200 valence electrons. The predicted octanol–water partition coefficient (Wildman–Crippen LogP) is 5.38. The molecule has 4 rings (SSSR count). The van der Waals surface area contributed by atoms with Crippen molar-refractivity contribution in [3.05, 3.63) is 117 Å². The number of non-ortho nitro benzene ring substituents is 1. The van der Waals surface area contributed by atoms with Crippen molar-refractivity contribution in [1.82, 2.24) is 10.1 Å². The Labute approximate surface area is 229 Å². The molecular formula is C27H23ClN4O6S. The third-order valence-corrected chi connectivity index (χ3v) is 7.47. The number of aryl methyl sites for hydroxylation is 1. The summed E-state index contributed by atoms with van der Waals surface area (Å²) in [6, 6.07) is 21.4. The Bertz CT molecular complexity index is 1620. The maximum absolute atomic E-state index is 13.0. The van der Waals surface area contributed by atoms with E-state index in [9.17, 15) is 23.3 Å². The fourth-order valence-corrected chi connectivity index (χ4v) is 5.10. The molecule has 2 N–H and O–H groups in total. The van der Waals surface area contributed by atoms with Gasteiger partial charge in [0.1, 0.15) is 11.5 Å². The van der Waals surface area contributed by atoms with Crippen LogP contribution in [0.1, 0.15) is 29.3 Å². The molecule has 0 aliphatic rings. The van der Waals surface area contributed by atoms with E-state index >= 15 is 0 Å². The minimum absolute atomic E-state index is 0.0879. The summed E-state index contributed by atoms with van der Waals surface area (Å²) in [5, 5.41) is 15.2. The van der Waals surface area contributed by atoms with Crippen LogP contribution in [-0.4, -0.2) is 25.5 Å². The normalized spacial score (nSPS) is 12.4. The quantitative estimate of drug-likeness (QED) is 0.150. The first-order valence-corrected chi connectivity index (χ1v) is 13.5. The van der Waals surface area contributed by atoms with E-state index in [2.05, 4.69) is 15.2 Å². The van der Waals surface area contributed by atoms with E-state index in [1.165, 1.54) is 36.5 Å². The number of furan rings is 1. The second kappa shape index (κ2) is 12.0. The van der Waals surface area contributed by atoms with Gasteiger partial charge in [-0.1, -0.05) is 59.6 Å². The summed E-state index contributed by atoms with van der Waals surface area (Å²) in [7, 11) is -3.91. The molecule has 39 heavy (non-hydrogen) atoms. The zero-order valence-corrected chi connectivity index (χ0v) is 22.1. The first-order chi connectivity index (χ1) is 18.6. The van der Waals surface area contributed by atoms with E-state index in [0.29, 0.717) is 11.1 Å². The minimum Gasteiger partial charge on any atom is -0.455 e. The van der Waals surface area contributed by atoms with Crippen molar-refractivity contribution in [1.29, 1.82) is 0 Å². The van der Waals surface area contributed by atoms with Crippen molar-refractivity contribution in [3.63, 3.8) is 0 Å². The van der Waals surface area contributed by atoms with Crippen LogP contribution in [-0.2, 0) is 14.8 Å². The minimum atomic E-state index is -3.91. The van der Waals surface area contributed by atoms with Crippen molar-refractivity contribution < 1.29 is 22.6 Å². The lowest BCUT2D eigenvalue weighted by atomic mass is 10.0. The summed E-state index contributed by atoms with van der Waals surface area (Å²) in [5.41, 5.74) is 4.09. The number of hydrazone groups is 1. The average Bonchev–Trinajstić information content (AvgIpc) is 3.37. The summed E-state index contributed by atoms with van der Waals surface area (Å²) in [5.74, 6) is -0.00101. The zero-order chi connectivity index (χ0) is 28.0. The van der Waals surface area contributed by atoms with Gasteiger partial charge in [-0.15, -0.1) is 0 Å². The number of nitro benzene ring substituents is 1. The molecule has 0 saturated heterocycles. The van der Waals surface area contributed by atoms with Gasteiger partial charge in [-0.25, -0.2) is 18.6 Å². The Morgan fingerprint density at radius 1 is 1.08 bits per heavy atom. The van der Waals surface area contributed by atoms with Gasteiger partial charge < -0.3 is 4.42 Å². The van der Waals surface area contributed by atoms with Crippen LogP contribution in [0.15, 0.2) is 99.3 Å². The highest BCUT2D eigenvalue weighted by molar-refractivity contribution is 7.89. The molecule has 3 aromatic carbocycles. The molecule has 0 aliphatic heterocycles. The zero-order valence-electron chi connectivity index (χ0n) is 20.6. The van der Waals surface area contributed by atoms with Crippen LogP contribution in [0, 0.1) is 17.0 Å². The predicted molar refractivity (Wildman–Crippen MR) is 147 cm³/mol. The Morgan fingerprint density at radius 2 is 1.79 bits per heavy atom. The number of sulfonamides is 1. The van der Waals surface area contributed by atoms with Gasteiger partial charge in [-0.3, -0.25) is 14.9 Å². The third-order valence-electron chi connectivity index (χ3n) is 5.65. The molecule has 0 aliphatic carbocycles. The number of nitro groups is 1. The maximum atomic E-state index is 13.0.